The van der Waals surface area contributed by atoms with Gasteiger partial charge in [0.15, 0.2) is 11.5 Å². The van der Waals surface area contributed by atoms with E-state index in [9.17, 15) is 9.00 Å². The van der Waals surface area contributed by atoms with Crippen LogP contribution in [0.5, 0.6) is 11.5 Å². The molecule has 1 unspecified atom stereocenters. The first-order valence-corrected chi connectivity index (χ1v) is 9.48. The highest BCUT2D eigenvalue weighted by molar-refractivity contribution is 7.84. The van der Waals surface area contributed by atoms with Gasteiger partial charge in [-0.05, 0) is 23.3 Å². The van der Waals surface area contributed by atoms with Gasteiger partial charge in [0.25, 0.3) is 0 Å². The Morgan fingerprint density at radius 2 is 1.80 bits per heavy atom. The fourth-order valence-electron chi connectivity index (χ4n) is 2.41. The van der Waals surface area contributed by atoms with Crippen LogP contribution in [0.1, 0.15) is 11.1 Å². The lowest BCUT2D eigenvalue weighted by Gasteiger charge is -2.08. The molecule has 0 saturated heterocycles. The Kier molecular flexibility index (Phi) is 5.90. The molecule has 7 heteroatoms. The molecule has 0 fully saturated rings. The highest BCUT2D eigenvalue weighted by Crippen LogP contribution is 2.32. The molecule has 0 radical (unpaired) electrons. The molecule has 2 aromatic carbocycles. The lowest BCUT2D eigenvalue weighted by Crippen LogP contribution is -2.37. The third-order valence-corrected chi connectivity index (χ3v) is 4.99. The van der Waals surface area contributed by atoms with Crippen molar-refractivity contribution >= 4 is 16.8 Å². The lowest BCUT2D eigenvalue weighted by molar-refractivity contribution is 0.174. The summed E-state index contributed by atoms with van der Waals surface area (Å²) < 4.78 is 22.5. The highest BCUT2D eigenvalue weighted by atomic mass is 32.2. The van der Waals surface area contributed by atoms with E-state index in [0.29, 0.717) is 36.1 Å². The molecule has 0 aliphatic carbocycles. The lowest BCUT2D eigenvalue weighted by atomic mass is 10.2. The van der Waals surface area contributed by atoms with Crippen molar-refractivity contribution in [1.29, 1.82) is 0 Å². The molecule has 132 valence electrons. The molecule has 1 heterocycles. The van der Waals surface area contributed by atoms with Gasteiger partial charge in [-0.15, -0.1) is 0 Å². The Labute approximate surface area is 149 Å². The first kappa shape index (κ1) is 17.3. The maximum atomic E-state index is 12.0. The number of hydrogen-bond donors (Lipinski definition) is 2. The molecule has 1 atom stereocenters. The fraction of sp³-hybridized carbons (Fsp3) is 0.278. The average Bonchev–Trinajstić information content (AvgIpc) is 3.08. The summed E-state index contributed by atoms with van der Waals surface area (Å²) in [6, 6.07) is 14.9. The van der Waals surface area contributed by atoms with Crippen molar-refractivity contribution in [2.24, 2.45) is 0 Å². The Hall–Kier alpha value is -2.54. The molecule has 0 spiro atoms. The van der Waals surface area contributed by atoms with Crippen molar-refractivity contribution in [1.82, 2.24) is 10.6 Å². The molecular formula is C18H20N2O4S. The second kappa shape index (κ2) is 8.53. The van der Waals surface area contributed by atoms with Crippen molar-refractivity contribution < 1.29 is 18.5 Å². The van der Waals surface area contributed by atoms with Crippen LogP contribution >= 0.6 is 0 Å². The number of amides is 2. The molecular weight excluding hydrogens is 340 g/mol. The van der Waals surface area contributed by atoms with E-state index in [1.807, 2.05) is 48.5 Å². The van der Waals surface area contributed by atoms with E-state index >= 15 is 0 Å². The number of hydrogen-bond acceptors (Lipinski definition) is 4. The van der Waals surface area contributed by atoms with Crippen LogP contribution in [0.15, 0.2) is 48.5 Å². The Morgan fingerprint density at radius 1 is 1.00 bits per heavy atom. The minimum absolute atomic E-state index is 0.229. The van der Waals surface area contributed by atoms with Crippen molar-refractivity contribution in [3.63, 3.8) is 0 Å². The van der Waals surface area contributed by atoms with Crippen LogP contribution in [-0.4, -0.2) is 29.3 Å². The topological polar surface area (TPSA) is 76.7 Å². The van der Waals surface area contributed by atoms with E-state index in [1.54, 1.807) is 0 Å². The van der Waals surface area contributed by atoms with E-state index in [4.69, 9.17) is 9.47 Å². The number of rotatable bonds is 7. The second-order valence-electron chi connectivity index (χ2n) is 5.57. The SMILES string of the molecule is O=C(NCCS(=O)Cc1ccccc1)NCc1ccc2c(c1)OCO2. The van der Waals surface area contributed by atoms with Crippen molar-refractivity contribution in [2.75, 3.05) is 19.1 Å². The molecule has 0 bridgehead atoms. The quantitative estimate of drug-likeness (QED) is 0.793. The minimum atomic E-state index is -1.00. The van der Waals surface area contributed by atoms with E-state index in [0.717, 1.165) is 11.1 Å². The van der Waals surface area contributed by atoms with E-state index in [-0.39, 0.29) is 12.8 Å². The van der Waals surface area contributed by atoms with Gasteiger partial charge in [-0.1, -0.05) is 36.4 Å². The number of fused-ring (bicyclic) bond motifs is 1. The minimum Gasteiger partial charge on any atom is -0.454 e. The van der Waals surface area contributed by atoms with Gasteiger partial charge in [0.1, 0.15) is 0 Å². The molecule has 2 amide bonds. The van der Waals surface area contributed by atoms with Crippen LogP contribution < -0.4 is 20.1 Å². The molecule has 6 nitrogen and oxygen atoms in total. The summed E-state index contributed by atoms with van der Waals surface area (Å²) in [5.41, 5.74) is 1.96. The molecule has 3 rings (SSSR count). The number of nitrogens with one attached hydrogen (secondary N) is 2. The normalized spacial score (nSPS) is 13.3. The van der Waals surface area contributed by atoms with E-state index < -0.39 is 10.8 Å². The molecule has 2 N–H and O–H groups in total. The maximum absolute atomic E-state index is 12.0. The first-order valence-electron chi connectivity index (χ1n) is 8.00. The fourth-order valence-corrected chi connectivity index (χ4v) is 3.44. The summed E-state index contributed by atoms with van der Waals surface area (Å²) in [5.74, 6) is 2.33. The summed E-state index contributed by atoms with van der Waals surface area (Å²) in [6.45, 7) is 0.981. The van der Waals surface area contributed by atoms with Gasteiger partial charge in [0, 0.05) is 35.4 Å². The van der Waals surface area contributed by atoms with Gasteiger partial charge in [0.2, 0.25) is 6.79 Å². The average molecular weight is 360 g/mol. The maximum Gasteiger partial charge on any atom is 0.315 e. The van der Waals surface area contributed by atoms with Gasteiger partial charge in [-0.25, -0.2) is 4.79 Å². The Morgan fingerprint density at radius 3 is 2.64 bits per heavy atom. The zero-order valence-corrected chi connectivity index (χ0v) is 14.5. The third kappa shape index (κ3) is 5.22. The smallest absolute Gasteiger partial charge is 0.315 e. The third-order valence-electron chi connectivity index (χ3n) is 3.68. The van der Waals surface area contributed by atoms with E-state index in [1.165, 1.54) is 0 Å². The number of ether oxygens (including phenoxy) is 2. The summed E-state index contributed by atoms with van der Waals surface area (Å²) in [6.07, 6.45) is 0. The molecule has 2 aromatic rings. The number of carbonyl (C=O) groups excluding carboxylic acids is 1. The molecule has 0 saturated carbocycles. The predicted octanol–water partition coefficient (Wildman–Crippen LogP) is 2.16. The number of urea groups is 1. The van der Waals surface area contributed by atoms with Crippen LogP contribution in [0.25, 0.3) is 0 Å². The van der Waals surface area contributed by atoms with Gasteiger partial charge < -0.3 is 20.1 Å². The molecule has 0 aromatic heterocycles. The monoisotopic (exact) mass is 360 g/mol. The van der Waals surface area contributed by atoms with Crippen LogP contribution in [0.2, 0.25) is 0 Å². The summed E-state index contributed by atoms with van der Waals surface area (Å²) in [5, 5.41) is 5.49. The van der Waals surface area contributed by atoms with Gasteiger partial charge in [0.05, 0.1) is 0 Å². The van der Waals surface area contributed by atoms with Gasteiger partial charge in [-0.2, -0.15) is 0 Å². The largest absolute Gasteiger partial charge is 0.454 e. The van der Waals surface area contributed by atoms with Crippen molar-refractivity contribution in [3.8, 4) is 11.5 Å². The van der Waals surface area contributed by atoms with Crippen molar-refractivity contribution in [3.05, 3.63) is 59.7 Å². The van der Waals surface area contributed by atoms with Crippen LogP contribution in [-0.2, 0) is 23.1 Å². The summed E-state index contributed by atoms with van der Waals surface area (Å²) >= 11 is 0. The number of benzene rings is 2. The molecule has 1 aliphatic rings. The number of carbonyl (C=O) groups is 1. The van der Waals surface area contributed by atoms with Gasteiger partial charge in [-0.3, -0.25) is 4.21 Å². The summed E-state index contributed by atoms with van der Waals surface area (Å²) in [4.78, 5) is 11.8. The zero-order valence-electron chi connectivity index (χ0n) is 13.7. The van der Waals surface area contributed by atoms with Crippen LogP contribution in [0, 0.1) is 0 Å². The Balaban J connectivity index is 1.35. The first-order chi connectivity index (χ1) is 12.2. The zero-order chi connectivity index (χ0) is 17.5. The highest BCUT2D eigenvalue weighted by Gasteiger charge is 2.13. The van der Waals surface area contributed by atoms with E-state index in [2.05, 4.69) is 10.6 Å². The van der Waals surface area contributed by atoms with Gasteiger partial charge >= 0.3 is 6.03 Å². The van der Waals surface area contributed by atoms with Crippen LogP contribution in [0.4, 0.5) is 4.79 Å². The van der Waals surface area contributed by atoms with Crippen LogP contribution in [0.3, 0.4) is 0 Å². The predicted molar refractivity (Wildman–Crippen MR) is 96.0 cm³/mol. The second-order valence-corrected chi connectivity index (χ2v) is 7.15. The standard InChI is InChI=1S/C18H20N2O4S/c21-18(19-8-9-25(22)12-14-4-2-1-3-5-14)20-11-15-6-7-16-17(10-15)24-13-23-16/h1-7,10H,8-9,11-13H2,(H2,19,20,21). The molecule has 1 aliphatic heterocycles. The molecule has 25 heavy (non-hydrogen) atoms. The Bertz CT molecular complexity index is 752. The van der Waals surface area contributed by atoms with Crippen molar-refractivity contribution in [2.45, 2.75) is 12.3 Å². The summed E-state index contributed by atoms with van der Waals surface area (Å²) in [7, 11) is -1.00.